The lowest BCUT2D eigenvalue weighted by Gasteiger charge is -2.26. The number of benzene rings is 1. The van der Waals surface area contributed by atoms with Gasteiger partial charge < -0.3 is 11.1 Å². The molecule has 0 amide bonds. The van der Waals surface area contributed by atoms with Crippen LogP contribution in [-0.4, -0.2) is 12.5 Å². The van der Waals surface area contributed by atoms with Gasteiger partial charge in [-0.15, -0.1) is 0 Å². The molecule has 3 heteroatoms. The molecule has 1 saturated carbocycles. The summed E-state index contributed by atoms with van der Waals surface area (Å²) in [4.78, 5) is 4.54. The van der Waals surface area contributed by atoms with Gasteiger partial charge in [0.1, 0.15) is 0 Å². The molecule has 0 heterocycles. The fourth-order valence-corrected chi connectivity index (χ4v) is 2.73. The Morgan fingerprint density at radius 3 is 2.42 bits per heavy atom. The zero-order valence-electron chi connectivity index (χ0n) is 11.9. The van der Waals surface area contributed by atoms with Gasteiger partial charge in [0.2, 0.25) is 0 Å². The van der Waals surface area contributed by atoms with Crippen LogP contribution in [0.2, 0.25) is 0 Å². The van der Waals surface area contributed by atoms with Crippen molar-refractivity contribution in [3.8, 4) is 0 Å². The van der Waals surface area contributed by atoms with Crippen molar-refractivity contribution in [2.45, 2.75) is 45.4 Å². The predicted molar refractivity (Wildman–Crippen MR) is 82.4 cm³/mol. The van der Waals surface area contributed by atoms with Crippen LogP contribution in [0.5, 0.6) is 0 Å². The Balaban J connectivity index is 1.90. The molecule has 0 aliphatic heterocycles. The number of nitrogens with one attached hydrogen (secondary N) is 1. The highest BCUT2D eigenvalue weighted by Crippen LogP contribution is 2.34. The van der Waals surface area contributed by atoms with Crippen LogP contribution in [0.3, 0.4) is 0 Å². The minimum absolute atomic E-state index is 0.333. The number of anilines is 1. The Hall–Kier alpha value is -1.51. The molecule has 2 rings (SSSR count). The summed E-state index contributed by atoms with van der Waals surface area (Å²) in [6.07, 6.45) is 7.95. The smallest absolute Gasteiger partial charge is 0.193 e. The van der Waals surface area contributed by atoms with Gasteiger partial charge in [0, 0.05) is 12.2 Å². The Kier molecular flexibility index (Phi) is 4.83. The quantitative estimate of drug-likeness (QED) is 0.493. The van der Waals surface area contributed by atoms with Crippen LogP contribution in [0.25, 0.3) is 0 Å². The van der Waals surface area contributed by atoms with Gasteiger partial charge in [0.15, 0.2) is 5.96 Å². The molecule has 0 spiro atoms. The van der Waals surface area contributed by atoms with Gasteiger partial charge in [-0.2, -0.15) is 0 Å². The summed E-state index contributed by atoms with van der Waals surface area (Å²) in [6.45, 7) is 3.18. The van der Waals surface area contributed by atoms with E-state index in [1.54, 1.807) is 0 Å². The minimum Gasteiger partial charge on any atom is -0.370 e. The topological polar surface area (TPSA) is 50.4 Å². The normalized spacial score (nSPS) is 19.7. The first-order valence-electron chi connectivity index (χ1n) is 7.30. The summed E-state index contributed by atoms with van der Waals surface area (Å²) in [5.41, 5.74) is 7.29. The second-order valence-corrected chi connectivity index (χ2v) is 5.92. The van der Waals surface area contributed by atoms with Crippen molar-refractivity contribution in [1.29, 1.82) is 0 Å². The molecule has 104 valence electrons. The zero-order valence-corrected chi connectivity index (χ0v) is 11.9. The lowest BCUT2D eigenvalue weighted by molar-refractivity contribution is 0.290. The average molecular weight is 259 g/mol. The number of para-hydroxylation sites is 1. The van der Waals surface area contributed by atoms with Crippen molar-refractivity contribution in [3.63, 3.8) is 0 Å². The number of hydrogen-bond acceptors (Lipinski definition) is 1. The monoisotopic (exact) mass is 259 g/mol. The van der Waals surface area contributed by atoms with Crippen molar-refractivity contribution in [3.05, 3.63) is 30.3 Å². The molecule has 0 atom stereocenters. The number of nitrogens with zero attached hydrogens (tertiary/aromatic N) is 1. The summed E-state index contributed by atoms with van der Waals surface area (Å²) in [6, 6.07) is 9.96. The van der Waals surface area contributed by atoms with Crippen LogP contribution in [0.15, 0.2) is 35.3 Å². The molecule has 3 nitrogen and oxygen atoms in total. The maximum Gasteiger partial charge on any atom is 0.193 e. The average Bonchev–Trinajstić information content (AvgIpc) is 2.63. The fourth-order valence-electron chi connectivity index (χ4n) is 2.73. The predicted octanol–water partition coefficient (Wildman–Crippen LogP) is 3.77. The molecule has 1 aromatic rings. The number of aliphatic imine (C=N–C) groups is 1. The molecule has 0 radical (unpaired) electrons. The van der Waals surface area contributed by atoms with Gasteiger partial charge in [-0.05, 0) is 30.4 Å². The highest BCUT2D eigenvalue weighted by molar-refractivity contribution is 5.92. The van der Waals surface area contributed by atoms with Crippen molar-refractivity contribution in [2.75, 3.05) is 11.9 Å². The van der Waals surface area contributed by atoms with Crippen LogP contribution in [0.4, 0.5) is 5.69 Å². The maximum atomic E-state index is 5.96. The van der Waals surface area contributed by atoms with E-state index in [2.05, 4.69) is 17.2 Å². The maximum absolute atomic E-state index is 5.96. The first-order valence-corrected chi connectivity index (χ1v) is 7.30. The molecule has 0 unspecified atom stereocenters. The Labute approximate surface area is 116 Å². The van der Waals surface area contributed by atoms with Crippen molar-refractivity contribution >= 4 is 11.6 Å². The molecule has 0 bridgehead atoms. The summed E-state index contributed by atoms with van der Waals surface area (Å²) in [5.74, 6) is 0.525. The van der Waals surface area contributed by atoms with Gasteiger partial charge >= 0.3 is 0 Å². The van der Waals surface area contributed by atoms with Crippen LogP contribution in [0.1, 0.15) is 45.4 Å². The van der Waals surface area contributed by atoms with Crippen LogP contribution >= 0.6 is 0 Å². The summed E-state index contributed by atoms with van der Waals surface area (Å²) in [7, 11) is 0. The van der Waals surface area contributed by atoms with Crippen LogP contribution < -0.4 is 11.1 Å². The van der Waals surface area contributed by atoms with Crippen LogP contribution in [0, 0.1) is 5.41 Å². The van der Waals surface area contributed by atoms with E-state index in [9.17, 15) is 0 Å². The van der Waals surface area contributed by atoms with E-state index in [0.29, 0.717) is 11.4 Å². The lowest BCUT2D eigenvalue weighted by Crippen LogP contribution is -2.26. The molecule has 19 heavy (non-hydrogen) atoms. The highest BCUT2D eigenvalue weighted by Gasteiger charge is 2.25. The van der Waals surface area contributed by atoms with Crippen molar-refractivity contribution in [1.82, 2.24) is 0 Å². The van der Waals surface area contributed by atoms with Gasteiger partial charge in [-0.3, -0.25) is 4.99 Å². The molecular formula is C16H25N3. The molecule has 0 aromatic heterocycles. The number of nitrogens with two attached hydrogens (primary N) is 1. The molecule has 1 aromatic carbocycles. The molecule has 1 aliphatic carbocycles. The first kappa shape index (κ1) is 13.9. The summed E-state index contributed by atoms with van der Waals surface area (Å²) < 4.78 is 0. The van der Waals surface area contributed by atoms with E-state index in [4.69, 9.17) is 5.73 Å². The number of guanidine groups is 1. The molecule has 1 fully saturated rings. The summed E-state index contributed by atoms with van der Waals surface area (Å²) in [5, 5.41) is 3.14. The standard InChI is InChI=1S/C16H25N3/c1-16(11-7-2-3-8-12-16)13-18-15(17)19-14-9-5-4-6-10-14/h4-6,9-10H,2-3,7-8,11-13H2,1H3,(H3,17,18,19). The number of hydrogen-bond donors (Lipinski definition) is 2. The summed E-state index contributed by atoms with van der Waals surface area (Å²) >= 11 is 0. The Morgan fingerprint density at radius 1 is 1.16 bits per heavy atom. The van der Waals surface area contributed by atoms with Crippen LogP contribution in [-0.2, 0) is 0 Å². The van der Waals surface area contributed by atoms with E-state index < -0.39 is 0 Å². The second kappa shape index (κ2) is 6.60. The molecule has 1 aliphatic rings. The van der Waals surface area contributed by atoms with Crippen molar-refractivity contribution < 1.29 is 0 Å². The SMILES string of the molecule is CC1(CN=C(N)Nc2ccccc2)CCCCCC1. The second-order valence-electron chi connectivity index (χ2n) is 5.92. The molecule has 0 saturated heterocycles. The van der Waals surface area contributed by atoms with E-state index in [-0.39, 0.29) is 0 Å². The minimum atomic E-state index is 0.333. The zero-order chi connectivity index (χ0) is 13.6. The third-order valence-corrected chi connectivity index (χ3v) is 3.99. The number of rotatable bonds is 3. The van der Waals surface area contributed by atoms with E-state index in [0.717, 1.165) is 12.2 Å². The van der Waals surface area contributed by atoms with E-state index in [1.807, 2.05) is 30.3 Å². The highest BCUT2D eigenvalue weighted by atomic mass is 15.1. The first-order chi connectivity index (χ1) is 9.18. The third kappa shape index (κ3) is 4.58. The molecule has 3 N–H and O–H groups in total. The van der Waals surface area contributed by atoms with Gasteiger partial charge in [0.05, 0.1) is 0 Å². The van der Waals surface area contributed by atoms with Gasteiger partial charge in [-0.1, -0.05) is 50.8 Å². The van der Waals surface area contributed by atoms with Crippen molar-refractivity contribution in [2.24, 2.45) is 16.1 Å². The Bertz CT molecular complexity index is 403. The van der Waals surface area contributed by atoms with E-state index in [1.165, 1.54) is 38.5 Å². The van der Waals surface area contributed by atoms with E-state index >= 15 is 0 Å². The third-order valence-electron chi connectivity index (χ3n) is 3.99. The Morgan fingerprint density at radius 2 is 1.79 bits per heavy atom. The molecular weight excluding hydrogens is 234 g/mol. The lowest BCUT2D eigenvalue weighted by atomic mass is 9.83. The largest absolute Gasteiger partial charge is 0.370 e. The van der Waals surface area contributed by atoms with Gasteiger partial charge in [0.25, 0.3) is 0 Å². The van der Waals surface area contributed by atoms with Gasteiger partial charge in [-0.25, -0.2) is 0 Å². The fraction of sp³-hybridized carbons (Fsp3) is 0.562.